The SMILES string of the molecule is O=C1CC[C@@H](CN(Cc2ccccc2)C(=O)c2cc(Cc3ccc4c(c3)OCO4)no2)N1. The van der Waals surface area contributed by atoms with E-state index in [2.05, 4.69) is 10.5 Å². The van der Waals surface area contributed by atoms with Crippen molar-refractivity contribution in [2.75, 3.05) is 13.3 Å². The van der Waals surface area contributed by atoms with Crippen LogP contribution in [-0.2, 0) is 17.8 Å². The summed E-state index contributed by atoms with van der Waals surface area (Å²) in [5, 5.41) is 7.03. The second-order valence-corrected chi connectivity index (χ2v) is 8.02. The molecule has 1 aromatic heterocycles. The van der Waals surface area contributed by atoms with Crippen LogP contribution in [0.3, 0.4) is 0 Å². The number of carbonyl (C=O) groups is 2. The van der Waals surface area contributed by atoms with E-state index >= 15 is 0 Å². The Kier molecular flexibility index (Phi) is 5.49. The van der Waals surface area contributed by atoms with Crippen LogP contribution in [0.5, 0.6) is 11.5 Å². The van der Waals surface area contributed by atoms with Crippen LogP contribution in [0.4, 0.5) is 0 Å². The summed E-state index contributed by atoms with van der Waals surface area (Å²) in [7, 11) is 0. The molecule has 5 rings (SSSR count). The second-order valence-electron chi connectivity index (χ2n) is 8.02. The summed E-state index contributed by atoms with van der Waals surface area (Å²) in [5.74, 6) is 1.38. The molecule has 1 N–H and O–H groups in total. The van der Waals surface area contributed by atoms with Gasteiger partial charge in [-0.1, -0.05) is 41.6 Å². The van der Waals surface area contributed by atoms with Crippen LogP contribution in [0.1, 0.15) is 40.2 Å². The number of carbonyl (C=O) groups excluding carboxylic acids is 2. The number of benzene rings is 2. The fraction of sp³-hybridized carbons (Fsp3) is 0.292. The Hall–Kier alpha value is -3.81. The first-order valence-electron chi connectivity index (χ1n) is 10.6. The summed E-state index contributed by atoms with van der Waals surface area (Å²) in [5.41, 5.74) is 2.64. The van der Waals surface area contributed by atoms with E-state index in [-0.39, 0.29) is 30.4 Å². The monoisotopic (exact) mass is 433 g/mol. The highest BCUT2D eigenvalue weighted by molar-refractivity contribution is 5.91. The molecule has 2 aliphatic heterocycles. The van der Waals surface area contributed by atoms with Gasteiger partial charge in [-0.25, -0.2) is 0 Å². The Bertz CT molecular complexity index is 1130. The number of ether oxygens (including phenoxy) is 2. The van der Waals surface area contributed by atoms with E-state index in [9.17, 15) is 9.59 Å². The number of amides is 2. The van der Waals surface area contributed by atoms with Crippen molar-refractivity contribution in [3.63, 3.8) is 0 Å². The largest absolute Gasteiger partial charge is 0.454 e. The molecule has 8 heteroatoms. The number of aromatic nitrogens is 1. The first kappa shape index (κ1) is 20.1. The van der Waals surface area contributed by atoms with Crippen molar-refractivity contribution in [2.24, 2.45) is 0 Å². The fourth-order valence-corrected chi connectivity index (χ4v) is 4.02. The number of rotatable bonds is 7. The molecule has 0 spiro atoms. The minimum absolute atomic E-state index is 0.0211. The molecular formula is C24H23N3O5. The zero-order chi connectivity index (χ0) is 21.9. The van der Waals surface area contributed by atoms with E-state index in [1.807, 2.05) is 48.5 Å². The van der Waals surface area contributed by atoms with Crippen molar-refractivity contribution in [3.05, 3.63) is 77.2 Å². The van der Waals surface area contributed by atoms with Crippen LogP contribution in [0, 0.1) is 0 Å². The lowest BCUT2D eigenvalue weighted by atomic mass is 10.1. The normalized spacial score (nSPS) is 16.8. The third-order valence-electron chi connectivity index (χ3n) is 5.62. The maximum absolute atomic E-state index is 13.3. The molecule has 164 valence electrons. The fourth-order valence-electron chi connectivity index (χ4n) is 4.02. The van der Waals surface area contributed by atoms with Crippen LogP contribution in [0.2, 0.25) is 0 Å². The Balaban J connectivity index is 1.31. The van der Waals surface area contributed by atoms with Crippen molar-refractivity contribution in [1.29, 1.82) is 0 Å². The maximum Gasteiger partial charge on any atom is 0.292 e. The molecular weight excluding hydrogens is 410 g/mol. The third-order valence-corrected chi connectivity index (χ3v) is 5.62. The van der Waals surface area contributed by atoms with E-state index in [1.165, 1.54) is 0 Å². The number of nitrogens with zero attached hydrogens (tertiary/aromatic N) is 2. The number of nitrogens with one attached hydrogen (secondary N) is 1. The lowest BCUT2D eigenvalue weighted by Crippen LogP contribution is -2.41. The second kappa shape index (κ2) is 8.74. The van der Waals surface area contributed by atoms with E-state index in [0.717, 1.165) is 16.9 Å². The highest BCUT2D eigenvalue weighted by atomic mass is 16.7. The highest BCUT2D eigenvalue weighted by Gasteiger charge is 2.28. The lowest BCUT2D eigenvalue weighted by Gasteiger charge is -2.25. The smallest absolute Gasteiger partial charge is 0.292 e. The van der Waals surface area contributed by atoms with Crippen LogP contribution in [-0.4, -0.2) is 41.3 Å². The molecule has 3 aromatic rings. The molecule has 1 fully saturated rings. The number of hydrogen-bond donors (Lipinski definition) is 1. The maximum atomic E-state index is 13.3. The van der Waals surface area contributed by atoms with Gasteiger partial charge in [0.1, 0.15) is 0 Å². The average molecular weight is 433 g/mol. The van der Waals surface area contributed by atoms with E-state index < -0.39 is 0 Å². The van der Waals surface area contributed by atoms with Crippen LogP contribution >= 0.6 is 0 Å². The summed E-state index contributed by atoms with van der Waals surface area (Å²) in [6, 6.07) is 17.1. The van der Waals surface area contributed by atoms with Crippen molar-refractivity contribution >= 4 is 11.8 Å². The first-order chi connectivity index (χ1) is 15.6. The van der Waals surface area contributed by atoms with E-state index in [1.54, 1.807) is 11.0 Å². The summed E-state index contributed by atoms with van der Waals surface area (Å²) >= 11 is 0. The van der Waals surface area contributed by atoms with Crippen molar-refractivity contribution < 1.29 is 23.6 Å². The van der Waals surface area contributed by atoms with Crippen LogP contribution < -0.4 is 14.8 Å². The minimum Gasteiger partial charge on any atom is -0.454 e. The van der Waals surface area contributed by atoms with Gasteiger partial charge in [-0.15, -0.1) is 0 Å². The van der Waals surface area contributed by atoms with Gasteiger partial charge in [-0.05, 0) is 29.7 Å². The molecule has 2 aromatic carbocycles. The molecule has 0 bridgehead atoms. The molecule has 32 heavy (non-hydrogen) atoms. The Morgan fingerprint density at radius 3 is 2.72 bits per heavy atom. The zero-order valence-corrected chi connectivity index (χ0v) is 17.5. The molecule has 8 nitrogen and oxygen atoms in total. The summed E-state index contributed by atoms with van der Waals surface area (Å²) < 4.78 is 16.2. The summed E-state index contributed by atoms with van der Waals surface area (Å²) in [6.07, 6.45) is 1.70. The lowest BCUT2D eigenvalue weighted by molar-refractivity contribution is -0.119. The van der Waals surface area contributed by atoms with Crippen LogP contribution in [0.25, 0.3) is 0 Å². The molecule has 0 saturated carbocycles. The standard InChI is InChI=1S/C24H23N3O5/c28-23-9-7-18(25-23)14-27(13-16-4-2-1-3-5-16)24(29)22-12-19(26-32-22)10-17-6-8-20-21(11-17)31-15-30-20/h1-6,8,11-12,18H,7,9-10,13-15H2,(H,25,28)/t18-/m0/s1. The van der Waals surface area contributed by atoms with Crippen LogP contribution in [0.15, 0.2) is 59.1 Å². The van der Waals surface area contributed by atoms with Gasteiger partial charge in [0.2, 0.25) is 18.5 Å². The molecule has 0 radical (unpaired) electrons. The molecule has 1 atom stereocenters. The predicted molar refractivity (Wildman–Crippen MR) is 114 cm³/mol. The Morgan fingerprint density at radius 2 is 1.91 bits per heavy atom. The average Bonchev–Trinajstić information content (AvgIpc) is 3.55. The minimum atomic E-state index is -0.251. The van der Waals surface area contributed by atoms with Gasteiger partial charge in [-0.3, -0.25) is 9.59 Å². The topological polar surface area (TPSA) is 93.9 Å². The van der Waals surface area contributed by atoms with Gasteiger partial charge in [0.15, 0.2) is 11.5 Å². The molecule has 0 aliphatic carbocycles. The van der Waals surface area contributed by atoms with Crippen molar-refractivity contribution in [2.45, 2.75) is 31.8 Å². The Labute approximate surface area is 185 Å². The third kappa shape index (κ3) is 4.44. The summed E-state index contributed by atoms with van der Waals surface area (Å²) in [4.78, 5) is 26.6. The molecule has 2 aliphatic rings. The first-order valence-corrected chi connectivity index (χ1v) is 10.6. The van der Waals surface area contributed by atoms with E-state index in [4.69, 9.17) is 14.0 Å². The number of hydrogen-bond acceptors (Lipinski definition) is 6. The number of fused-ring (bicyclic) bond motifs is 1. The Morgan fingerprint density at radius 1 is 1.06 bits per heavy atom. The van der Waals surface area contributed by atoms with Gasteiger partial charge in [0.25, 0.3) is 5.91 Å². The van der Waals surface area contributed by atoms with Gasteiger partial charge in [0.05, 0.1) is 5.69 Å². The van der Waals surface area contributed by atoms with Gasteiger partial charge >= 0.3 is 0 Å². The zero-order valence-electron chi connectivity index (χ0n) is 17.5. The van der Waals surface area contributed by atoms with E-state index in [0.29, 0.717) is 43.8 Å². The predicted octanol–water partition coefficient (Wildman–Crippen LogP) is 2.92. The molecule has 1 saturated heterocycles. The van der Waals surface area contributed by atoms with Crippen molar-refractivity contribution in [3.8, 4) is 11.5 Å². The van der Waals surface area contributed by atoms with Gasteiger partial charge in [-0.2, -0.15) is 0 Å². The highest BCUT2D eigenvalue weighted by Crippen LogP contribution is 2.33. The summed E-state index contributed by atoms with van der Waals surface area (Å²) in [6.45, 7) is 1.06. The van der Waals surface area contributed by atoms with Crippen molar-refractivity contribution in [1.82, 2.24) is 15.4 Å². The quantitative estimate of drug-likeness (QED) is 0.616. The molecule has 0 unspecified atom stereocenters. The molecule has 3 heterocycles. The van der Waals surface area contributed by atoms with Gasteiger partial charge < -0.3 is 24.2 Å². The molecule has 2 amide bonds. The van der Waals surface area contributed by atoms with Gasteiger partial charge in [0, 0.05) is 38.0 Å².